The molecule has 9 heteroatoms. The summed E-state index contributed by atoms with van der Waals surface area (Å²) in [6.07, 6.45) is 0. The molecule has 0 aliphatic carbocycles. The molecule has 1 aliphatic rings. The van der Waals surface area contributed by atoms with Gasteiger partial charge in [0, 0.05) is 52.9 Å². The van der Waals surface area contributed by atoms with Crippen LogP contribution in [0.4, 0.5) is 0 Å². The van der Waals surface area contributed by atoms with E-state index in [9.17, 15) is 13.2 Å². The van der Waals surface area contributed by atoms with Crippen molar-refractivity contribution in [1.29, 1.82) is 0 Å². The number of carbonyl (C=O) groups excluding carboxylic acids is 1. The molecule has 142 valence electrons. The Labute approximate surface area is 155 Å². The second-order valence-corrected chi connectivity index (χ2v) is 8.86. The molecule has 7 nitrogen and oxygen atoms in total. The predicted octanol–water partition coefficient (Wildman–Crippen LogP) is 0.911. The van der Waals surface area contributed by atoms with Crippen LogP contribution in [0, 0.1) is 0 Å². The Hall–Kier alpha value is -1.000. The monoisotopic (exact) mass is 388 g/mol. The molecule has 2 rings (SSSR count). The molecule has 0 saturated carbocycles. The maximum absolute atomic E-state index is 12.5. The summed E-state index contributed by atoms with van der Waals surface area (Å²) in [4.78, 5) is 16.1. The van der Waals surface area contributed by atoms with Gasteiger partial charge in [0.2, 0.25) is 5.91 Å². The number of rotatable bonds is 8. The van der Waals surface area contributed by atoms with Crippen LogP contribution < -0.4 is 0 Å². The van der Waals surface area contributed by atoms with Crippen LogP contribution in [0.2, 0.25) is 0 Å². The van der Waals surface area contributed by atoms with Crippen molar-refractivity contribution >= 4 is 27.5 Å². The molecule has 2 heterocycles. The van der Waals surface area contributed by atoms with Crippen LogP contribution in [-0.4, -0.2) is 85.6 Å². The molecular weight excluding hydrogens is 360 g/mol. The smallest absolute Gasteiger partial charge is 0.282 e. The van der Waals surface area contributed by atoms with Crippen molar-refractivity contribution in [1.82, 2.24) is 18.4 Å². The van der Waals surface area contributed by atoms with Gasteiger partial charge in [-0.2, -0.15) is 28.4 Å². The molecule has 0 N–H and O–H groups in total. The number of amides is 1. The van der Waals surface area contributed by atoms with Crippen LogP contribution >= 0.6 is 11.3 Å². The third kappa shape index (κ3) is 5.24. The minimum atomic E-state index is -3.38. The Morgan fingerprint density at radius 3 is 2.36 bits per heavy atom. The van der Waals surface area contributed by atoms with E-state index in [1.807, 2.05) is 35.6 Å². The molecule has 25 heavy (non-hydrogen) atoms. The maximum atomic E-state index is 12.5. The number of nitrogens with zero attached hydrogens (tertiary/aromatic N) is 4. The average Bonchev–Trinajstić information content (AvgIpc) is 3.09. The van der Waals surface area contributed by atoms with Gasteiger partial charge in [0.1, 0.15) is 0 Å². The number of carbonyl (C=O) groups is 1. The molecule has 0 atom stereocenters. The summed E-state index contributed by atoms with van der Waals surface area (Å²) >= 11 is 1.62. The molecule has 1 aromatic heterocycles. The third-order valence-corrected chi connectivity index (χ3v) is 7.39. The van der Waals surface area contributed by atoms with Crippen LogP contribution in [0.1, 0.15) is 19.4 Å². The van der Waals surface area contributed by atoms with E-state index in [-0.39, 0.29) is 5.91 Å². The highest BCUT2D eigenvalue weighted by atomic mass is 32.2. The summed E-state index contributed by atoms with van der Waals surface area (Å²) in [7, 11) is -1.57. The fraction of sp³-hybridized carbons (Fsp3) is 0.688. The lowest BCUT2D eigenvalue weighted by Crippen LogP contribution is -2.54. The van der Waals surface area contributed by atoms with E-state index in [0.29, 0.717) is 52.4 Å². The first-order valence-electron chi connectivity index (χ1n) is 8.61. The fourth-order valence-corrected chi connectivity index (χ4v) is 5.15. The van der Waals surface area contributed by atoms with E-state index in [1.165, 1.54) is 8.61 Å². The molecule has 1 aliphatic heterocycles. The largest absolute Gasteiger partial charge is 0.340 e. The van der Waals surface area contributed by atoms with Crippen LogP contribution in [0.5, 0.6) is 0 Å². The average molecular weight is 389 g/mol. The van der Waals surface area contributed by atoms with Gasteiger partial charge in [-0.15, -0.1) is 0 Å². The lowest BCUT2D eigenvalue weighted by atomic mass is 10.3. The normalized spacial score (nSPS) is 17.1. The number of hydrogen-bond donors (Lipinski definition) is 0. The lowest BCUT2D eigenvalue weighted by Gasteiger charge is -2.36. The van der Waals surface area contributed by atoms with E-state index in [4.69, 9.17) is 0 Å². The molecule has 0 spiro atoms. The number of thiophene rings is 1. The van der Waals surface area contributed by atoms with E-state index in [2.05, 4.69) is 0 Å². The maximum Gasteiger partial charge on any atom is 0.282 e. The molecule has 0 radical (unpaired) electrons. The first kappa shape index (κ1) is 20.3. The molecule has 0 aromatic carbocycles. The van der Waals surface area contributed by atoms with Crippen molar-refractivity contribution in [3.05, 3.63) is 22.4 Å². The molecular formula is C16H28N4O3S2. The highest BCUT2D eigenvalue weighted by Gasteiger charge is 2.31. The van der Waals surface area contributed by atoms with E-state index < -0.39 is 10.2 Å². The van der Waals surface area contributed by atoms with Crippen molar-refractivity contribution in [3.8, 4) is 0 Å². The molecule has 0 bridgehead atoms. The second kappa shape index (κ2) is 9.09. The molecule has 1 saturated heterocycles. The first-order valence-corrected chi connectivity index (χ1v) is 10.9. The lowest BCUT2D eigenvalue weighted by molar-refractivity contribution is -0.131. The standard InChI is InChI=1S/C16H28N4O3S2/c1-4-19(5-2)25(22,23)20-9-7-18(8-10-20)13-16(21)17(3)12-15-6-11-24-14-15/h6,11,14H,4-5,7-10,12-13H2,1-3H3. The number of hydrogen-bond acceptors (Lipinski definition) is 5. The molecule has 0 unspecified atom stereocenters. The van der Waals surface area contributed by atoms with E-state index in [1.54, 1.807) is 23.3 Å². The van der Waals surface area contributed by atoms with Crippen molar-refractivity contribution in [2.75, 3.05) is 52.9 Å². The van der Waals surface area contributed by atoms with E-state index >= 15 is 0 Å². The zero-order valence-electron chi connectivity index (χ0n) is 15.2. The highest BCUT2D eigenvalue weighted by Crippen LogP contribution is 2.13. The minimum Gasteiger partial charge on any atom is -0.340 e. The van der Waals surface area contributed by atoms with Gasteiger partial charge in [-0.3, -0.25) is 9.69 Å². The van der Waals surface area contributed by atoms with Crippen LogP contribution in [-0.2, 0) is 21.5 Å². The van der Waals surface area contributed by atoms with Crippen molar-refractivity contribution < 1.29 is 13.2 Å². The second-order valence-electron chi connectivity index (χ2n) is 6.15. The van der Waals surface area contributed by atoms with Crippen molar-refractivity contribution in [3.63, 3.8) is 0 Å². The molecule has 1 fully saturated rings. The summed E-state index contributed by atoms with van der Waals surface area (Å²) in [6.45, 7) is 7.62. The Morgan fingerprint density at radius 1 is 1.20 bits per heavy atom. The SMILES string of the molecule is CCN(CC)S(=O)(=O)N1CCN(CC(=O)N(C)Cc2ccsc2)CC1. The minimum absolute atomic E-state index is 0.0613. The van der Waals surface area contributed by atoms with Gasteiger partial charge in [-0.25, -0.2) is 0 Å². The zero-order chi connectivity index (χ0) is 18.4. The Morgan fingerprint density at radius 2 is 1.84 bits per heavy atom. The van der Waals surface area contributed by atoms with Crippen molar-refractivity contribution in [2.45, 2.75) is 20.4 Å². The third-order valence-electron chi connectivity index (χ3n) is 4.47. The summed E-state index contributed by atoms with van der Waals surface area (Å²) in [5.74, 6) is 0.0613. The Bertz CT molecular complexity index is 636. The van der Waals surface area contributed by atoms with Gasteiger partial charge in [-0.1, -0.05) is 13.8 Å². The quantitative estimate of drug-likeness (QED) is 0.664. The summed E-state index contributed by atoms with van der Waals surface area (Å²) in [5, 5.41) is 4.05. The summed E-state index contributed by atoms with van der Waals surface area (Å²) < 4.78 is 28.0. The van der Waals surface area contributed by atoms with E-state index in [0.717, 1.165) is 5.56 Å². The van der Waals surface area contributed by atoms with Crippen molar-refractivity contribution in [2.24, 2.45) is 0 Å². The van der Waals surface area contributed by atoms with Gasteiger partial charge in [0.15, 0.2) is 0 Å². The predicted molar refractivity (Wildman–Crippen MR) is 101 cm³/mol. The topological polar surface area (TPSA) is 64.2 Å². The number of piperazine rings is 1. The zero-order valence-corrected chi connectivity index (χ0v) is 16.9. The van der Waals surface area contributed by atoms with Gasteiger partial charge < -0.3 is 4.90 Å². The number of likely N-dealkylation sites (N-methyl/N-ethyl adjacent to an activating group) is 1. The molecule has 1 aromatic rings. The van der Waals surface area contributed by atoms with Gasteiger partial charge in [0.25, 0.3) is 10.2 Å². The Kier molecular flexibility index (Phi) is 7.38. The molecule has 1 amide bonds. The van der Waals surface area contributed by atoms with Gasteiger partial charge in [-0.05, 0) is 22.4 Å². The first-order chi connectivity index (χ1) is 11.9. The van der Waals surface area contributed by atoms with Crippen LogP contribution in [0.15, 0.2) is 16.8 Å². The fourth-order valence-electron chi connectivity index (χ4n) is 2.89. The summed E-state index contributed by atoms with van der Waals surface area (Å²) in [5.41, 5.74) is 1.14. The Balaban J connectivity index is 1.82. The van der Waals surface area contributed by atoms with Gasteiger partial charge >= 0.3 is 0 Å². The van der Waals surface area contributed by atoms with Crippen LogP contribution in [0.3, 0.4) is 0 Å². The van der Waals surface area contributed by atoms with Gasteiger partial charge in [0.05, 0.1) is 6.54 Å². The highest BCUT2D eigenvalue weighted by molar-refractivity contribution is 7.86. The van der Waals surface area contributed by atoms with Crippen LogP contribution in [0.25, 0.3) is 0 Å². The summed E-state index contributed by atoms with van der Waals surface area (Å²) in [6, 6.07) is 2.02.